The Balaban J connectivity index is 1.80. The minimum atomic E-state index is 0.557. The molecule has 0 bridgehead atoms. The number of aromatic nitrogens is 4. The number of pyridine rings is 2. The van der Waals surface area contributed by atoms with Gasteiger partial charge in [0.25, 0.3) is 0 Å². The van der Waals surface area contributed by atoms with Gasteiger partial charge in [-0.1, -0.05) is 13.0 Å². The van der Waals surface area contributed by atoms with Crippen molar-refractivity contribution in [3.05, 3.63) is 42.7 Å². The molecule has 1 atom stereocenters. The van der Waals surface area contributed by atoms with Gasteiger partial charge in [0.1, 0.15) is 11.2 Å². The van der Waals surface area contributed by atoms with Gasteiger partial charge in [-0.2, -0.15) is 0 Å². The highest BCUT2D eigenvalue weighted by Gasteiger charge is 2.25. The van der Waals surface area contributed by atoms with Crippen LogP contribution in [0.25, 0.3) is 22.7 Å². The third kappa shape index (κ3) is 2.61. The molecule has 0 N–H and O–H groups in total. The molecule has 0 amide bonds. The van der Waals surface area contributed by atoms with Gasteiger partial charge in [0.15, 0.2) is 11.5 Å². The van der Waals surface area contributed by atoms with Crippen molar-refractivity contribution in [3.8, 4) is 11.5 Å². The van der Waals surface area contributed by atoms with Crippen molar-refractivity contribution in [1.29, 1.82) is 0 Å². The molecule has 0 aliphatic carbocycles. The second-order valence-electron chi connectivity index (χ2n) is 6.03. The third-order valence-electron chi connectivity index (χ3n) is 4.70. The average molecular weight is 307 g/mol. The number of likely N-dealkylation sites (N-methyl/N-ethyl adjacent to an activating group) is 1. The maximum Gasteiger partial charge on any atom is 0.161 e. The molecule has 3 aromatic heterocycles. The summed E-state index contributed by atoms with van der Waals surface area (Å²) in [5.74, 6) is 0.919. The first kappa shape index (κ1) is 14.3. The molecule has 0 saturated carbocycles. The van der Waals surface area contributed by atoms with Crippen molar-refractivity contribution >= 4 is 11.2 Å². The SMILES string of the molecule is CCN1CCCC1Cn1c(-c2ccccn2)nc2cccnc21. The molecule has 1 unspecified atom stereocenters. The summed E-state index contributed by atoms with van der Waals surface area (Å²) in [6.07, 6.45) is 6.18. The lowest BCUT2D eigenvalue weighted by molar-refractivity contribution is 0.246. The molecule has 1 saturated heterocycles. The number of hydrogen-bond donors (Lipinski definition) is 0. The Hall–Kier alpha value is -2.27. The Kier molecular flexibility index (Phi) is 3.79. The van der Waals surface area contributed by atoms with Crippen molar-refractivity contribution in [3.63, 3.8) is 0 Å². The molecule has 118 valence electrons. The zero-order valence-electron chi connectivity index (χ0n) is 13.4. The highest BCUT2D eigenvalue weighted by molar-refractivity contribution is 5.76. The van der Waals surface area contributed by atoms with E-state index < -0.39 is 0 Å². The van der Waals surface area contributed by atoms with E-state index in [4.69, 9.17) is 4.98 Å². The van der Waals surface area contributed by atoms with Crippen LogP contribution >= 0.6 is 0 Å². The zero-order chi connectivity index (χ0) is 15.6. The second kappa shape index (κ2) is 6.08. The maximum atomic E-state index is 4.80. The Bertz CT molecular complexity index is 796. The van der Waals surface area contributed by atoms with Crippen molar-refractivity contribution in [2.24, 2.45) is 0 Å². The molecule has 1 fully saturated rings. The number of fused-ring (bicyclic) bond motifs is 1. The summed E-state index contributed by atoms with van der Waals surface area (Å²) in [6, 6.07) is 10.5. The van der Waals surface area contributed by atoms with Gasteiger partial charge in [-0.15, -0.1) is 0 Å². The van der Waals surface area contributed by atoms with Crippen LogP contribution < -0.4 is 0 Å². The van der Waals surface area contributed by atoms with E-state index in [1.807, 2.05) is 42.7 Å². The smallest absolute Gasteiger partial charge is 0.161 e. The van der Waals surface area contributed by atoms with E-state index in [2.05, 4.69) is 26.4 Å². The summed E-state index contributed by atoms with van der Waals surface area (Å²) in [5.41, 5.74) is 2.80. The predicted octanol–water partition coefficient (Wildman–Crippen LogP) is 2.98. The molecular formula is C18H21N5. The first-order valence-corrected chi connectivity index (χ1v) is 8.33. The Morgan fingerprint density at radius 3 is 2.87 bits per heavy atom. The number of hydrogen-bond acceptors (Lipinski definition) is 4. The van der Waals surface area contributed by atoms with Crippen LogP contribution in [-0.2, 0) is 6.54 Å². The van der Waals surface area contributed by atoms with E-state index in [0.717, 1.165) is 35.8 Å². The quantitative estimate of drug-likeness (QED) is 0.743. The number of rotatable bonds is 4. The van der Waals surface area contributed by atoms with Crippen molar-refractivity contribution in [2.45, 2.75) is 32.4 Å². The predicted molar refractivity (Wildman–Crippen MR) is 91.0 cm³/mol. The van der Waals surface area contributed by atoms with Crippen LogP contribution in [-0.4, -0.2) is 43.6 Å². The lowest BCUT2D eigenvalue weighted by Crippen LogP contribution is -2.33. The molecule has 23 heavy (non-hydrogen) atoms. The van der Waals surface area contributed by atoms with Gasteiger partial charge in [-0.05, 0) is 50.2 Å². The molecule has 1 aliphatic rings. The first-order valence-electron chi connectivity index (χ1n) is 8.33. The summed E-state index contributed by atoms with van der Waals surface area (Å²) in [7, 11) is 0. The van der Waals surface area contributed by atoms with E-state index in [9.17, 15) is 0 Å². The highest BCUT2D eigenvalue weighted by Crippen LogP contribution is 2.25. The fourth-order valence-electron chi connectivity index (χ4n) is 3.55. The fourth-order valence-corrected chi connectivity index (χ4v) is 3.55. The summed E-state index contributed by atoms with van der Waals surface area (Å²) >= 11 is 0. The zero-order valence-corrected chi connectivity index (χ0v) is 13.4. The van der Waals surface area contributed by atoms with Crippen LogP contribution in [0.4, 0.5) is 0 Å². The molecule has 1 aliphatic heterocycles. The van der Waals surface area contributed by atoms with Gasteiger partial charge in [0.05, 0.1) is 0 Å². The molecule has 5 heteroatoms. The lowest BCUT2D eigenvalue weighted by atomic mass is 10.2. The number of likely N-dealkylation sites (tertiary alicyclic amines) is 1. The van der Waals surface area contributed by atoms with Crippen LogP contribution in [0.3, 0.4) is 0 Å². The summed E-state index contributed by atoms with van der Waals surface area (Å²) in [6.45, 7) is 5.46. The largest absolute Gasteiger partial charge is 0.306 e. The van der Waals surface area contributed by atoms with E-state index in [-0.39, 0.29) is 0 Å². The normalized spacial score (nSPS) is 18.7. The Morgan fingerprint density at radius 1 is 1.13 bits per heavy atom. The molecule has 0 aromatic carbocycles. The minimum Gasteiger partial charge on any atom is -0.306 e. The monoisotopic (exact) mass is 307 g/mol. The fraction of sp³-hybridized carbons (Fsp3) is 0.389. The molecule has 0 spiro atoms. The molecule has 4 rings (SSSR count). The van der Waals surface area contributed by atoms with E-state index in [1.54, 1.807) is 0 Å². The average Bonchev–Trinajstić information content (AvgIpc) is 3.21. The van der Waals surface area contributed by atoms with Crippen molar-refractivity contribution < 1.29 is 0 Å². The Labute approximate surface area is 136 Å². The molecule has 4 heterocycles. The third-order valence-corrected chi connectivity index (χ3v) is 4.70. The van der Waals surface area contributed by atoms with Gasteiger partial charge in [-0.25, -0.2) is 9.97 Å². The van der Waals surface area contributed by atoms with Gasteiger partial charge in [0.2, 0.25) is 0 Å². The van der Waals surface area contributed by atoms with Gasteiger partial charge >= 0.3 is 0 Å². The van der Waals surface area contributed by atoms with Gasteiger partial charge in [-0.3, -0.25) is 9.88 Å². The lowest BCUT2D eigenvalue weighted by Gasteiger charge is -2.23. The van der Waals surface area contributed by atoms with Crippen molar-refractivity contribution in [2.75, 3.05) is 13.1 Å². The molecule has 3 aromatic rings. The van der Waals surface area contributed by atoms with Crippen LogP contribution in [0.15, 0.2) is 42.7 Å². The standard InChI is InChI=1S/C18H21N5/c1-2-22-12-6-7-14(22)13-23-17-16(9-5-11-20-17)21-18(23)15-8-3-4-10-19-15/h3-5,8-11,14H,2,6-7,12-13H2,1H3. The second-order valence-corrected chi connectivity index (χ2v) is 6.03. The van der Waals surface area contributed by atoms with E-state index >= 15 is 0 Å². The van der Waals surface area contributed by atoms with Gasteiger partial charge < -0.3 is 4.57 Å². The molecule has 5 nitrogen and oxygen atoms in total. The maximum absolute atomic E-state index is 4.80. The Morgan fingerprint density at radius 2 is 2.04 bits per heavy atom. The molecular weight excluding hydrogens is 286 g/mol. The molecule has 0 radical (unpaired) electrons. The van der Waals surface area contributed by atoms with Crippen LogP contribution in [0, 0.1) is 0 Å². The summed E-state index contributed by atoms with van der Waals surface area (Å²) < 4.78 is 2.25. The summed E-state index contributed by atoms with van der Waals surface area (Å²) in [4.78, 5) is 16.4. The van der Waals surface area contributed by atoms with E-state index in [0.29, 0.717) is 6.04 Å². The summed E-state index contributed by atoms with van der Waals surface area (Å²) in [5, 5.41) is 0. The van der Waals surface area contributed by atoms with E-state index in [1.165, 1.54) is 19.4 Å². The van der Waals surface area contributed by atoms with Crippen molar-refractivity contribution in [1.82, 2.24) is 24.4 Å². The topological polar surface area (TPSA) is 46.8 Å². The number of imidazole rings is 1. The van der Waals surface area contributed by atoms with Gasteiger partial charge in [0, 0.05) is 25.0 Å². The van der Waals surface area contributed by atoms with Crippen LogP contribution in [0.1, 0.15) is 19.8 Å². The minimum absolute atomic E-state index is 0.557. The van der Waals surface area contributed by atoms with Crippen LogP contribution in [0.5, 0.6) is 0 Å². The number of nitrogens with zero attached hydrogens (tertiary/aromatic N) is 5. The first-order chi connectivity index (χ1) is 11.4. The van der Waals surface area contributed by atoms with Crippen LogP contribution in [0.2, 0.25) is 0 Å². The highest BCUT2D eigenvalue weighted by atomic mass is 15.2.